The Morgan fingerprint density at radius 1 is 1.10 bits per heavy atom. The van der Waals surface area contributed by atoms with E-state index >= 15 is 0 Å². The molecule has 0 aliphatic heterocycles. The van der Waals surface area contributed by atoms with E-state index in [1.54, 1.807) is 0 Å². The number of hydrogen-bond acceptors (Lipinski definition) is 2. The van der Waals surface area contributed by atoms with E-state index in [9.17, 15) is 13.2 Å². The number of alkyl halides is 3. The molecule has 0 aliphatic rings. The maximum Gasteiger partial charge on any atom is 0.416 e. The number of benzene rings is 2. The first-order chi connectivity index (χ1) is 9.38. The van der Waals surface area contributed by atoms with E-state index in [-0.39, 0.29) is 18.0 Å². The highest BCUT2D eigenvalue weighted by Crippen LogP contribution is 2.34. The monoisotopic (exact) mass is 345 g/mol. The third kappa shape index (κ3) is 3.45. The van der Waals surface area contributed by atoms with Crippen LogP contribution in [-0.2, 0) is 12.8 Å². The first-order valence-corrected chi connectivity index (χ1v) is 6.50. The van der Waals surface area contributed by atoms with E-state index in [4.69, 9.17) is 10.5 Å². The summed E-state index contributed by atoms with van der Waals surface area (Å²) >= 11 is 3.37. The van der Waals surface area contributed by atoms with Gasteiger partial charge in [-0.3, -0.25) is 0 Å². The number of anilines is 1. The smallest absolute Gasteiger partial charge is 0.416 e. The minimum absolute atomic E-state index is 0.0353. The summed E-state index contributed by atoms with van der Waals surface area (Å²) in [6, 6.07) is 10.5. The molecule has 2 aromatic carbocycles. The third-order valence-corrected chi connectivity index (χ3v) is 3.45. The SMILES string of the molecule is Nc1cc(C(F)(F)F)ccc1OCc1ccccc1Br. The zero-order valence-electron chi connectivity index (χ0n) is 10.2. The second-order valence-corrected chi connectivity index (χ2v) is 4.98. The fourth-order valence-corrected chi connectivity index (χ4v) is 2.03. The van der Waals surface area contributed by atoms with Crippen LogP contribution in [0, 0.1) is 0 Å². The Labute approximate surface area is 122 Å². The number of nitrogen functional groups attached to an aromatic ring is 1. The van der Waals surface area contributed by atoms with Crippen LogP contribution >= 0.6 is 15.9 Å². The fourth-order valence-electron chi connectivity index (χ4n) is 1.63. The highest BCUT2D eigenvalue weighted by Gasteiger charge is 2.30. The molecule has 0 saturated carbocycles. The van der Waals surface area contributed by atoms with Crippen molar-refractivity contribution in [2.75, 3.05) is 5.73 Å². The summed E-state index contributed by atoms with van der Waals surface area (Å²) in [6.45, 7) is 0.219. The summed E-state index contributed by atoms with van der Waals surface area (Å²) in [5.74, 6) is 0.230. The van der Waals surface area contributed by atoms with Crippen molar-refractivity contribution in [3.8, 4) is 5.75 Å². The Hall–Kier alpha value is -1.69. The van der Waals surface area contributed by atoms with E-state index in [0.29, 0.717) is 0 Å². The van der Waals surface area contributed by atoms with E-state index in [1.807, 2.05) is 24.3 Å². The van der Waals surface area contributed by atoms with Crippen molar-refractivity contribution >= 4 is 21.6 Å². The van der Waals surface area contributed by atoms with Crippen LogP contribution in [-0.4, -0.2) is 0 Å². The van der Waals surface area contributed by atoms with Crippen molar-refractivity contribution in [1.29, 1.82) is 0 Å². The van der Waals surface area contributed by atoms with Gasteiger partial charge in [0, 0.05) is 10.0 Å². The van der Waals surface area contributed by atoms with Crippen LogP contribution in [0.15, 0.2) is 46.9 Å². The Morgan fingerprint density at radius 3 is 2.40 bits per heavy atom. The van der Waals surface area contributed by atoms with Gasteiger partial charge in [0.2, 0.25) is 0 Å². The molecule has 0 heterocycles. The van der Waals surface area contributed by atoms with Gasteiger partial charge in [0.25, 0.3) is 0 Å². The number of halogens is 4. The minimum atomic E-state index is -4.41. The molecule has 2 rings (SSSR count). The molecule has 2 aromatic rings. The molecule has 0 aliphatic carbocycles. The van der Waals surface area contributed by atoms with Gasteiger partial charge < -0.3 is 10.5 Å². The Kier molecular flexibility index (Phi) is 4.23. The Morgan fingerprint density at radius 2 is 1.80 bits per heavy atom. The summed E-state index contributed by atoms with van der Waals surface area (Å²) in [5, 5.41) is 0. The lowest BCUT2D eigenvalue weighted by Crippen LogP contribution is -2.06. The predicted octanol–water partition coefficient (Wildman–Crippen LogP) is 4.63. The molecule has 0 bridgehead atoms. The highest BCUT2D eigenvalue weighted by molar-refractivity contribution is 9.10. The molecule has 20 heavy (non-hydrogen) atoms. The van der Waals surface area contributed by atoms with Crippen molar-refractivity contribution in [2.24, 2.45) is 0 Å². The van der Waals surface area contributed by atoms with Crippen molar-refractivity contribution < 1.29 is 17.9 Å². The zero-order valence-corrected chi connectivity index (χ0v) is 11.8. The van der Waals surface area contributed by atoms with Gasteiger partial charge in [-0.25, -0.2) is 0 Å². The maximum absolute atomic E-state index is 12.5. The molecule has 2 nitrogen and oxygen atoms in total. The van der Waals surface area contributed by atoms with Gasteiger partial charge in [0.05, 0.1) is 11.3 Å². The normalized spacial score (nSPS) is 11.4. The molecule has 0 radical (unpaired) electrons. The molecule has 0 amide bonds. The minimum Gasteiger partial charge on any atom is -0.487 e. The summed E-state index contributed by atoms with van der Waals surface area (Å²) < 4.78 is 43.8. The lowest BCUT2D eigenvalue weighted by molar-refractivity contribution is -0.137. The average Bonchev–Trinajstić information content (AvgIpc) is 2.38. The van der Waals surface area contributed by atoms with E-state index in [2.05, 4.69) is 15.9 Å². The highest BCUT2D eigenvalue weighted by atomic mass is 79.9. The van der Waals surface area contributed by atoms with Crippen LogP contribution < -0.4 is 10.5 Å². The molecule has 0 unspecified atom stereocenters. The number of nitrogens with two attached hydrogens (primary N) is 1. The average molecular weight is 346 g/mol. The number of rotatable bonds is 3. The molecule has 0 spiro atoms. The van der Waals surface area contributed by atoms with Crippen LogP contribution in [0.2, 0.25) is 0 Å². The first kappa shape index (κ1) is 14.7. The molecule has 2 N–H and O–H groups in total. The van der Waals surface area contributed by atoms with E-state index in [0.717, 1.165) is 22.2 Å². The number of hydrogen-bond donors (Lipinski definition) is 1. The van der Waals surface area contributed by atoms with Crippen LogP contribution in [0.1, 0.15) is 11.1 Å². The van der Waals surface area contributed by atoms with Gasteiger partial charge >= 0.3 is 6.18 Å². The largest absolute Gasteiger partial charge is 0.487 e. The third-order valence-electron chi connectivity index (χ3n) is 2.68. The zero-order chi connectivity index (χ0) is 14.8. The molecule has 106 valence electrons. The van der Waals surface area contributed by atoms with Crippen LogP contribution in [0.25, 0.3) is 0 Å². The molecular formula is C14H11BrF3NO. The van der Waals surface area contributed by atoms with Crippen LogP contribution in [0.5, 0.6) is 5.75 Å². The lowest BCUT2D eigenvalue weighted by Gasteiger charge is -2.12. The summed E-state index contributed by atoms with van der Waals surface area (Å²) in [6.07, 6.45) is -4.41. The van der Waals surface area contributed by atoms with Crippen molar-refractivity contribution in [3.05, 3.63) is 58.1 Å². The topological polar surface area (TPSA) is 35.2 Å². The van der Waals surface area contributed by atoms with Gasteiger partial charge in [-0.2, -0.15) is 13.2 Å². The lowest BCUT2D eigenvalue weighted by atomic mass is 10.2. The van der Waals surface area contributed by atoms with Crippen LogP contribution in [0.4, 0.5) is 18.9 Å². The van der Waals surface area contributed by atoms with Crippen LogP contribution in [0.3, 0.4) is 0 Å². The van der Waals surface area contributed by atoms with Gasteiger partial charge in [-0.15, -0.1) is 0 Å². The first-order valence-electron chi connectivity index (χ1n) is 5.71. The Balaban J connectivity index is 2.13. The summed E-state index contributed by atoms with van der Waals surface area (Å²) in [5.41, 5.74) is 5.64. The second-order valence-electron chi connectivity index (χ2n) is 4.13. The second kappa shape index (κ2) is 5.75. The molecule has 0 saturated heterocycles. The molecular weight excluding hydrogens is 335 g/mol. The van der Waals surface area contributed by atoms with Crippen molar-refractivity contribution in [1.82, 2.24) is 0 Å². The molecule has 6 heteroatoms. The standard InChI is InChI=1S/C14H11BrF3NO/c15-11-4-2-1-3-9(11)8-20-13-6-5-10(7-12(13)19)14(16,17)18/h1-7H,8,19H2. The van der Waals surface area contributed by atoms with Gasteiger partial charge in [0.15, 0.2) is 0 Å². The van der Waals surface area contributed by atoms with E-state index < -0.39 is 11.7 Å². The molecule has 0 fully saturated rings. The Bertz CT molecular complexity index is 614. The number of ether oxygens (including phenoxy) is 1. The summed E-state index contributed by atoms with van der Waals surface area (Å²) in [7, 11) is 0. The van der Waals surface area contributed by atoms with E-state index in [1.165, 1.54) is 6.07 Å². The quantitative estimate of drug-likeness (QED) is 0.823. The van der Waals surface area contributed by atoms with Gasteiger partial charge in [-0.1, -0.05) is 34.1 Å². The molecule has 0 atom stereocenters. The van der Waals surface area contributed by atoms with Crippen molar-refractivity contribution in [2.45, 2.75) is 12.8 Å². The molecule has 0 aromatic heterocycles. The fraction of sp³-hybridized carbons (Fsp3) is 0.143. The van der Waals surface area contributed by atoms with Gasteiger partial charge in [-0.05, 0) is 24.3 Å². The maximum atomic E-state index is 12.5. The van der Waals surface area contributed by atoms with Crippen molar-refractivity contribution in [3.63, 3.8) is 0 Å². The van der Waals surface area contributed by atoms with Gasteiger partial charge in [0.1, 0.15) is 12.4 Å². The predicted molar refractivity (Wildman–Crippen MR) is 74.3 cm³/mol. The summed E-state index contributed by atoms with van der Waals surface area (Å²) in [4.78, 5) is 0.